The molecule has 11 nitrogen and oxygen atoms in total. The average molecular weight is 607 g/mol. The number of aliphatic carboxylic acids is 2. The van der Waals surface area contributed by atoms with E-state index in [0.717, 1.165) is 44.9 Å². The van der Waals surface area contributed by atoms with Gasteiger partial charge in [0.15, 0.2) is 0 Å². The van der Waals surface area contributed by atoms with Gasteiger partial charge in [-0.25, -0.2) is 0 Å². The number of H-pyrrole nitrogens is 2. The highest BCUT2D eigenvalue weighted by Gasteiger charge is 2.38. The molecule has 0 aromatic carbocycles. The Balaban J connectivity index is 1.75. The van der Waals surface area contributed by atoms with E-state index in [-0.39, 0.29) is 37.1 Å². The molecule has 0 saturated carbocycles. The Morgan fingerprint density at radius 1 is 0.955 bits per heavy atom. The van der Waals surface area contributed by atoms with Crippen molar-refractivity contribution in [3.05, 3.63) is 74.5 Å². The first kappa shape index (κ1) is 32.5. The summed E-state index contributed by atoms with van der Waals surface area (Å²) < 4.78 is 0. The summed E-state index contributed by atoms with van der Waals surface area (Å²) in [5.74, 6) is -2.98. The first-order valence-electron chi connectivity index (χ1n) is 14.9. The molecule has 4 rings (SSSR count). The van der Waals surface area contributed by atoms with Crippen LogP contribution in [0.15, 0.2) is 29.5 Å². The molecule has 2 aliphatic heterocycles. The fourth-order valence-corrected chi connectivity index (χ4v) is 6.56. The van der Waals surface area contributed by atoms with E-state index in [1.54, 1.807) is 19.9 Å². The fraction of sp³-hybridized carbons (Fsp3) is 0.455. The smallest absolute Gasteiger partial charge is 0.303 e. The Morgan fingerprint density at radius 2 is 1.55 bits per heavy atom. The van der Waals surface area contributed by atoms with Crippen LogP contribution in [0.4, 0.5) is 0 Å². The summed E-state index contributed by atoms with van der Waals surface area (Å²) in [6.45, 7) is 12.9. The molecule has 0 bridgehead atoms. The molecule has 0 unspecified atom stereocenters. The molecule has 0 radical (unpaired) electrons. The van der Waals surface area contributed by atoms with Crippen molar-refractivity contribution < 1.29 is 34.5 Å². The topological polar surface area (TPSA) is 185 Å². The van der Waals surface area contributed by atoms with Gasteiger partial charge in [-0.1, -0.05) is 19.6 Å². The zero-order valence-electron chi connectivity index (χ0n) is 25.9. The number of carboxylic acids is 2. The lowest BCUT2D eigenvalue weighted by molar-refractivity contribution is -0.138. The third kappa shape index (κ3) is 6.57. The molecule has 4 heterocycles. The van der Waals surface area contributed by atoms with Crippen LogP contribution >= 0.6 is 0 Å². The number of aromatic amines is 2. The van der Waals surface area contributed by atoms with Gasteiger partial charge in [-0.2, -0.15) is 0 Å². The second kappa shape index (κ2) is 13.1. The minimum absolute atomic E-state index is 0.0591. The van der Waals surface area contributed by atoms with Crippen LogP contribution in [0.1, 0.15) is 78.6 Å². The normalized spacial score (nSPS) is 21.6. The zero-order chi connectivity index (χ0) is 32.5. The molecule has 0 spiro atoms. The number of hydrogen-bond donors (Lipinski definition) is 7. The number of amides is 2. The van der Waals surface area contributed by atoms with E-state index < -0.39 is 29.9 Å². The fourth-order valence-electron chi connectivity index (χ4n) is 6.56. The molecule has 2 aromatic rings. The van der Waals surface area contributed by atoms with Crippen LogP contribution in [0.25, 0.3) is 6.08 Å². The summed E-state index contributed by atoms with van der Waals surface area (Å²) >= 11 is 0. The largest absolute Gasteiger partial charge is 0.481 e. The van der Waals surface area contributed by atoms with Gasteiger partial charge in [0, 0.05) is 71.6 Å². The number of aliphatic hydroxyl groups is 1. The predicted molar refractivity (Wildman–Crippen MR) is 165 cm³/mol. The van der Waals surface area contributed by atoms with Crippen molar-refractivity contribution in [3.63, 3.8) is 0 Å². The number of carbonyl (C=O) groups is 4. The molecule has 1 fully saturated rings. The lowest BCUT2D eigenvalue weighted by atomic mass is 9.89. The van der Waals surface area contributed by atoms with E-state index in [1.165, 1.54) is 0 Å². The highest BCUT2D eigenvalue weighted by molar-refractivity contribution is 6.00. The summed E-state index contributed by atoms with van der Waals surface area (Å²) in [4.78, 5) is 54.8. The first-order chi connectivity index (χ1) is 20.7. The number of rotatable bonds is 13. The average Bonchev–Trinajstić information content (AvgIpc) is 3.59. The van der Waals surface area contributed by atoms with Gasteiger partial charge in [0.1, 0.15) is 0 Å². The predicted octanol–water partition coefficient (Wildman–Crippen LogP) is 3.23. The first-order valence-corrected chi connectivity index (χ1v) is 14.9. The Labute approximate surface area is 256 Å². The molecule has 236 valence electrons. The molecule has 2 amide bonds. The quantitative estimate of drug-likeness (QED) is 0.182. The Morgan fingerprint density at radius 3 is 2.09 bits per heavy atom. The minimum Gasteiger partial charge on any atom is -0.481 e. The van der Waals surface area contributed by atoms with Crippen LogP contribution in [-0.2, 0) is 44.9 Å². The highest BCUT2D eigenvalue weighted by atomic mass is 16.4. The molecule has 0 aliphatic carbocycles. The summed E-state index contributed by atoms with van der Waals surface area (Å²) in [6.07, 6.45) is 3.91. The van der Waals surface area contributed by atoms with Crippen molar-refractivity contribution in [1.82, 2.24) is 20.6 Å². The van der Waals surface area contributed by atoms with Crippen molar-refractivity contribution in [2.45, 2.75) is 85.3 Å². The molecular formula is C33H42N4O7. The number of aromatic nitrogens is 2. The van der Waals surface area contributed by atoms with Crippen LogP contribution in [0, 0.1) is 25.7 Å². The maximum Gasteiger partial charge on any atom is 0.303 e. The van der Waals surface area contributed by atoms with Gasteiger partial charge in [-0.3, -0.25) is 19.2 Å². The van der Waals surface area contributed by atoms with E-state index in [2.05, 4.69) is 27.2 Å². The molecule has 44 heavy (non-hydrogen) atoms. The minimum atomic E-state index is -0.927. The van der Waals surface area contributed by atoms with Crippen molar-refractivity contribution in [3.8, 4) is 0 Å². The molecule has 4 atom stereocenters. The van der Waals surface area contributed by atoms with E-state index in [4.69, 9.17) is 0 Å². The molecule has 2 aromatic heterocycles. The molecule has 2 aliphatic rings. The van der Waals surface area contributed by atoms with Gasteiger partial charge in [0.25, 0.3) is 5.91 Å². The highest BCUT2D eigenvalue weighted by Crippen LogP contribution is 2.33. The van der Waals surface area contributed by atoms with Crippen LogP contribution in [0.3, 0.4) is 0 Å². The number of nitrogens with one attached hydrogen (secondary N) is 4. The molecule has 11 heteroatoms. The maximum absolute atomic E-state index is 12.4. The monoisotopic (exact) mass is 606 g/mol. The summed E-state index contributed by atoms with van der Waals surface area (Å²) in [5.41, 5.74) is 8.71. The second-order valence-corrected chi connectivity index (χ2v) is 11.9. The number of hydrogen-bond acceptors (Lipinski definition) is 5. The van der Waals surface area contributed by atoms with Crippen LogP contribution < -0.4 is 10.6 Å². The van der Waals surface area contributed by atoms with Gasteiger partial charge < -0.3 is 35.9 Å². The SMILES string of the molecule is C=CC1=C(C)[C@@H](Cc2[nH]c(Cc3[nH]c(/C=C4\NC(=O)[C@H](C)[C@H]4[C@@H](C)O)c(C)c3CCC(=O)O)c(CCC(=O)O)c2C)NC1=O. The van der Waals surface area contributed by atoms with Crippen molar-refractivity contribution in [2.75, 3.05) is 0 Å². The Bertz CT molecular complexity index is 1570. The maximum atomic E-state index is 12.4. The zero-order valence-corrected chi connectivity index (χ0v) is 25.9. The summed E-state index contributed by atoms with van der Waals surface area (Å²) in [6, 6.07) is -0.226. The van der Waals surface area contributed by atoms with Gasteiger partial charge >= 0.3 is 11.9 Å². The summed E-state index contributed by atoms with van der Waals surface area (Å²) in [5, 5.41) is 35.2. The van der Waals surface area contributed by atoms with E-state index in [0.29, 0.717) is 36.2 Å². The van der Waals surface area contributed by atoms with Crippen LogP contribution in [0.5, 0.6) is 0 Å². The molecular weight excluding hydrogens is 564 g/mol. The standard InChI is InChI=1S/C33H42N4O7/c1-7-20-15(2)25(36-33(20)44)12-23-16(3)21(8-10-29(39)40)26(34-23)14-27-22(9-11-30(41)42)17(4)24(35-27)13-28-31(19(6)38)18(5)32(43)37-28/h7,13,18-19,25,31,34-35,38H,1,8-12,14H2,2-6H3,(H,36,44)(H,37,43)(H,39,40)(H,41,42)/b28-13-/t18-,19-,25-,31+/m1/s1. The molecule has 1 saturated heterocycles. The number of aliphatic hydroxyl groups excluding tert-OH is 1. The van der Waals surface area contributed by atoms with E-state index in [9.17, 15) is 34.5 Å². The van der Waals surface area contributed by atoms with Gasteiger partial charge in [0.2, 0.25) is 5.91 Å². The van der Waals surface area contributed by atoms with E-state index in [1.807, 2.05) is 26.8 Å². The molecule has 7 N–H and O–H groups in total. The van der Waals surface area contributed by atoms with Crippen LogP contribution in [0.2, 0.25) is 0 Å². The third-order valence-electron chi connectivity index (χ3n) is 9.12. The van der Waals surface area contributed by atoms with Crippen molar-refractivity contribution in [1.29, 1.82) is 0 Å². The number of carboxylic acid groups (broad SMARTS) is 2. The van der Waals surface area contributed by atoms with Crippen molar-refractivity contribution in [2.24, 2.45) is 11.8 Å². The van der Waals surface area contributed by atoms with E-state index >= 15 is 0 Å². The second-order valence-electron chi connectivity index (χ2n) is 11.9. The Kier molecular flexibility index (Phi) is 9.68. The van der Waals surface area contributed by atoms with Gasteiger partial charge in [0.05, 0.1) is 12.1 Å². The van der Waals surface area contributed by atoms with Gasteiger partial charge in [-0.05, 0) is 74.4 Å². The lowest BCUT2D eigenvalue weighted by Crippen LogP contribution is -2.30. The third-order valence-corrected chi connectivity index (χ3v) is 9.12. The van der Waals surface area contributed by atoms with Gasteiger partial charge in [-0.15, -0.1) is 0 Å². The van der Waals surface area contributed by atoms with Crippen molar-refractivity contribution >= 4 is 29.8 Å². The lowest BCUT2D eigenvalue weighted by Gasteiger charge is -2.17. The number of carbonyl (C=O) groups excluding carboxylic acids is 2. The van der Waals surface area contributed by atoms with Crippen LogP contribution in [-0.4, -0.2) is 61.2 Å². The summed E-state index contributed by atoms with van der Waals surface area (Å²) in [7, 11) is 0. The Hall–Kier alpha value is -4.38.